The fourth-order valence-electron chi connectivity index (χ4n) is 5.62. The van der Waals surface area contributed by atoms with Gasteiger partial charge >= 0.3 is 5.97 Å². The van der Waals surface area contributed by atoms with Crippen LogP contribution in [0.25, 0.3) is 11.3 Å². The van der Waals surface area contributed by atoms with Crippen LogP contribution < -0.4 is 5.32 Å². The maximum atomic E-state index is 13.4. The summed E-state index contributed by atoms with van der Waals surface area (Å²) in [4.78, 5) is 29.7. The molecule has 0 unspecified atom stereocenters. The molecule has 0 aromatic carbocycles. The zero-order valence-electron chi connectivity index (χ0n) is 23.8. The highest BCUT2D eigenvalue weighted by Crippen LogP contribution is 2.36. The van der Waals surface area contributed by atoms with E-state index in [1.807, 2.05) is 0 Å². The van der Waals surface area contributed by atoms with Gasteiger partial charge in [0.1, 0.15) is 0 Å². The van der Waals surface area contributed by atoms with Crippen LogP contribution in [0.5, 0.6) is 0 Å². The predicted octanol–water partition coefficient (Wildman–Crippen LogP) is 6.63. The van der Waals surface area contributed by atoms with E-state index in [9.17, 15) is 14.7 Å². The maximum absolute atomic E-state index is 13.4. The Balaban J connectivity index is 1.75. The molecule has 0 radical (unpaired) electrons. The number of hydrogen-bond acceptors (Lipinski definition) is 3. The molecule has 0 atom stereocenters. The number of rotatable bonds is 6. The first-order valence-corrected chi connectivity index (χ1v) is 14.0. The van der Waals surface area contributed by atoms with Crippen molar-refractivity contribution in [2.75, 3.05) is 0 Å². The molecule has 2 aliphatic rings. The van der Waals surface area contributed by atoms with Gasteiger partial charge in [-0.3, -0.25) is 14.6 Å². The summed E-state index contributed by atoms with van der Waals surface area (Å²) in [6.07, 6.45) is 7.33. The number of pyridine rings is 1. The standard InChI is InChI=1S/C31H45N3O3/c1-19-24(28(35)32-23-13-22(14-23)29(36)37)17-25(34(19)18-20-11-9-8-10-12-20)21-15-26(30(2,3)4)33-27(16-21)31(5,6)7/h15-17,20,22-23H,8-14,18H2,1-7H3,(H,32,35)(H,36,37). The van der Waals surface area contributed by atoms with Gasteiger partial charge in [-0.15, -0.1) is 0 Å². The fraction of sp³-hybridized carbons (Fsp3) is 0.645. The average molecular weight is 508 g/mol. The van der Waals surface area contributed by atoms with E-state index in [1.165, 1.54) is 32.1 Å². The Morgan fingerprint density at radius 1 is 0.973 bits per heavy atom. The molecule has 1 amide bonds. The largest absolute Gasteiger partial charge is 0.481 e. The second-order valence-corrected chi connectivity index (χ2v) is 13.4. The molecular formula is C31H45N3O3. The molecule has 2 saturated carbocycles. The van der Waals surface area contributed by atoms with Crippen LogP contribution in [0.2, 0.25) is 0 Å². The molecule has 2 aromatic heterocycles. The lowest BCUT2D eigenvalue weighted by molar-refractivity contribution is -0.145. The minimum absolute atomic E-state index is 0.0703. The normalized spacial score (nSPS) is 20.9. The highest BCUT2D eigenvalue weighted by atomic mass is 16.4. The highest BCUT2D eigenvalue weighted by Gasteiger charge is 2.36. The summed E-state index contributed by atoms with van der Waals surface area (Å²) < 4.78 is 2.36. The van der Waals surface area contributed by atoms with Gasteiger partial charge in [0.15, 0.2) is 0 Å². The number of nitrogens with zero attached hydrogens (tertiary/aromatic N) is 2. The molecule has 2 N–H and O–H groups in total. The van der Waals surface area contributed by atoms with Crippen molar-refractivity contribution >= 4 is 11.9 Å². The molecule has 2 fully saturated rings. The zero-order valence-corrected chi connectivity index (χ0v) is 23.8. The number of amides is 1. The summed E-state index contributed by atoms with van der Waals surface area (Å²) in [5.41, 5.74) is 5.76. The van der Waals surface area contributed by atoms with E-state index < -0.39 is 5.97 Å². The smallest absolute Gasteiger partial charge is 0.306 e. The van der Waals surface area contributed by atoms with Crippen LogP contribution in [0, 0.1) is 18.8 Å². The Kier molecular flexibility index (Phi) is 7.60. The van der Waals surface area contributed by atoms with E-state index in [4.69, 9.17) is 4.98 Å². The summed E-state index contributed by atoms with van der Waals surface area (Å²) >= 11 is 0. The number of carbonyl (C=O) groups excluding carboxylic acids is 1. The van der Waals surface area contributed by atoms with E-state index >= 15 is 0 Å². The van der Waals surface area contributed by atoms with Crippen molar-refractivity contribution < 1.29 is 14.7 Å². The van der Waals surface area contributed by atoms with Crippen LogP contribution in [0.1, 0.15) is 114 Å². The molecule has 0 bridgehead atoms. The minimum Gasteiger partial charge on any atom is -0.481 e. The van der Waals surface area contributed by atoms with Crippen LogP contribution in [0.3, 0.4) is 0 Å². The van der Waals surface area contributed by atoms with Crippen LogP contribution in [-0.2, 0) is 22.2 Å². The van der Waals surface area contributed by atoms with Gasteiger partial charge in [-0.1, -0.05) is 60.8 Å². The second-order valence-electron chi connectivity index (χ2n) is 13.4. The van der Waals surface area contributed by atoms with Crippen molar-refractivity contribution in [1.82, 2.24) is 14.9 Å². The summed E-state index contributed by atoms with van der Waals surface area (Å²) in [7, 11) is 0. The molecule has 202 valence electrons. The summed E-state index contributed by atoms with van der Waals surface area (Å²) in [5, 5.41) is 12.3. The third kappa shape index (κ3) is 6.10. The van der Waals surface area contributed by atoms with Crippen molar-refractivity contribution in [3.63, 3.8) is 0 Å². The summed E-state index contributed by atoms with van der Waals surface area (Å²) in [5.74, 6) is -0.606. The molecular weight excluding hydrogens is 462 g/mol. The van der Waals surface area contributed by atoms with Crippen LogP contribution >= 0.6 is 0 Å². The number of carboxylic acids is 1. The quantitative estimate of drug-likeness (QED) is 0.460. The predicted molar refractivity (Wildman–Crippen MR) is 148 cm³/mol. The van der Waals surface area contributed by atoms with Crippen molar-refractivity contribution in [3.05, 3.63) is 40.8 Å². The molecule has 2 aliphatic carbocycles. The number of carboxylic acid groups (broad SMARTS) is 1. The molecule has 6 nitrogen and oxygen atoms in total. The first-order valence-electron chi connectivity index (χ1n) is 14.0. The van der Waals surface area contributed by atoms with Gasteiger partial charge < -0.3 is 15.0 Å². The van der Waals surface area contributed by atoms with E-state index in [1.54, 1.807) is 0 Å². The van der Waals surface area contributed by atoms with Gasteiger partial charge in [0.2, 0.25) is 0 Å². The summed E-state index contributed by atoms with van der Waals surface area (Å²) in [6.45, 7) is 16.1. The van der Waals surface area contributed by atoms with Gasteiger partial charge in [0.25, 0.3) is 5.91 Å². The zero-order chi connectivity index (χ0) is 27.1. The Morgan fingerprint density at radius 3 is 2.05 bits per heavy atom. The van der Waals surface area contributed by atoms with Crippen molar-refractivity contribution in [3.8, 4) is 11.3 Å². The molecule has 6 heteroatoms. The van der Waals surface area contributed by atoms with Crippen molar-refractivity contribution in [1.29, 1.82) is 0 Å². The topological polar surface area (TPSA) is 84.2 Å². The van der Waals surface area contributed by atoms with Gasteiger partial charge in [0, 0.05) is 51.8 Å². The number of nitrogens with one attached hydrogen (secondary N) is 1. The number of hydrogen-bond donors (Lipinski definition) is 2. The lowest BCUT2D eigenvalue weighted by Crippen LogP contribution is -2.46. The van der Waals surface area contributed by atoms with Crippen LogP contribution in [-0.4, -0.2) is 32.6 Å². The lowest BCUT2D eigenvalue weighted by Gasteiger charge is -2.32. The molecule has 0 aliphatic heterocycles. The van der Waals surface area contributed by atoms with Gasteiger partial charge in [0.05, 0.1) is 11.5 Å². The molecule has 0 spiro atoms. The van der Waals surface area contributed by atoms with Gasteiger partial charge in [-0.2, -0.15) is 0 Å². The van der Waals surface area contributed by atoms with E-state index in [2.05, 4.69) is 76.5 Å². The third-order valence-corrected chi connectivity index (χ3v) is 8.26. The molecule has 4 rings (SSSR count). The monoisotopic (exact) mass is 507 g/mol. The SMILES string of the molecule is Cc1c(C(=O)NC2CC(C(=O)O)C2)cc(-c2cc(C(C)(C)C)nc(C(C)(C)C)c2)n1CC1CCCCC1. The van der Waals surface area contributed by atoms with Crippen molar-refractivity contribution in [2.24, 2.45) is 11.8 Å². The number of carbonyl (C=O) groups is 2. The third-order valence-electron chi connectivity index (χ3n) is 8.26. The molecule has 2 heterocycles. The molecule has 37 heavy (non-hydrogen) atoms. The summed E-state index contributed by atoms with van der Waals surface area (Å²) in [6, 6.07) is 6.38. The number of aliphatic carboxylic acids is 1. The maximum Gasteiger partial charge on any atom is 0.306 e. The van der Waals surface area contributed by atoms with Gasteiger partial charge in [-0.25, -0.2) is 0 Å². The minimum atomic E-state index is -0.774. The van der Waals surface area contributed by atoms with E-state index in [0.717, 1.165) is 34.9 Å². The van der Waals surface area contributed by atoms with Crippen LogP contribution in [0.15, 0.2) is 18.2 Å². The van der Waals surface area contributed by atoms with Gasteiger partial charge in [-0.05, 0) is 56.7 Å². The van der Waals surface area contributed by atoms with Crippen molar-refractivity contribution in [2.45, 2.75) is 117 Å². The number of aromatic nitrogens is 2. The average Bonchev–Trinajstić information content (AvgIpc) is 3.11. The van der Waals surface area contributed by atoms with E-state index in [-0.39, 0.29) is 28.7 Å². The Morgan fingerprint density at radius 2 is 1.54 bits per heavy atom. The first kappa shape index (κ1) is 27.4. The van der Waals surface area contributed by atoms with E-state index in [0.29, 0.717) is 24.3 Å². The Hall–Kier alpha value is -2.63. The second kappa shape index (κ2) is 10.3. The highest BCUT2D eigenvalue weighted by molar-refractivity contribution is 5.97. The molecule has 0 saturated heterocycles. The lowest BCUT2D eigenvalue weighted by atomic mass is 9.80. The van der Waals surface area contributed by atoms with Crippen LogP contribution in [0.4, 0.5) is 0 Å². The Labute approximate surface area is 222 Å². The fourth-order valence-corrected chi connectivity index (χ4v) is 5.62. The Bertz CT molecular complexity index is 1120. The first-order chi connectivity index (χ1) is 17.2. The molecule has 2 aromatic rings.